The van der Waals surface area contributed by atoms with E-state index in [2.05, 4.69) is 20.8 Å². The molecule has 0 saturated heterocycles. The summed E-state index contributed by atoms with van der Waals surface area (Å²) in [7, 11) is 1.54. The summed E-state index contributed by atoms with van der Waals surface area (Å²) in [5, 5.41) is 12.3. The molecule has 0 bridgehead atoms. The van der Waals surface area contributed by atoms with Gasteiger partial charge in [0.1, 0.15) is 0 Å². The Morgan fingerprint density at radius 2 is 2.38 bits per heavy atom. The van der Waals surface area contributed by atoms with Crippen molar-refractivity contribution in [2.24, 2.45) is 5.73 Å². The van der Waals surface area contributed by atoms with Gasteiger partial charge in [-0.15, -0.1) is 5.10 Å². The fourth-order valence-electron chi connectivity index (χ4n) is 0.652. The first kappa shape index (κ1) is 9.46. The van der Waals surface area contributed by atoms with E-state index in [0.717, 1.165) is 0 Å². The van der Waals surface area contributed by atoms with Gasteiger partial charge in [0.15, 0.2) is 0 Å². The van der Waals surface area contributed by atoms with Gasteiger partial charge in [0, 0.05) is 7.05 Å². The van der Waals surface area contributed by atoms with Gasteiger partial charge >= 0.3 is 6.01 Å². The Morgan fingerprint density at radius 3 is 2.92 bits per heavy atom. The van der Waals surface area contributed by atoms with Crippen molar-refractivity contribution in [3.8, 4) is 0 Å². The third-order valence-electron chi connectivity index (χ3n) is 1.32. The van der Waals surface area contributed by atoms with Gasteiger partial charge in [0.25, 0.3) is 0 Å². The van der Waals surface area contributed by atoms with Gasteiger partial charge in [-0.25, -0.2) is 0 Å². The molecule has 0 fully saturated rings. The summed E-state index contributed by atoms with van der Waals surface area (Å²) in [6.45, 7) is 0.289. The van der Waals surface area contributed by atoms with Crippen molar-refractivity contribution in [1.82, 2.24) is 15.5 Å². The van der Waals surface area contributed by atoms with Crippen LogP contribution in [0.2, 0.25) is 0 Å². The third-order valence-corrected chi connectivity index (χ3v) is 1.32. The van der Waals surface area contributed by atoms with Crippen molar-refractivity contribution in [1.29, 1.82) is 0 Å². The average molecular weight is 185 g/mol. The molecular weight excluding hydrogens is 174 g/mol. The van der Waals surface area contributed by atoms with E-state index in [-0.39, 0.29) is 25.0 Å². The van der Waals surface area contributed by atoms with Crippen molar-refractivity contribution >= 4 is 11.9 Å². The molecule has 7 nitrogen and oxygen atoms in total. The number of likely N-dealkylation sites (N-methyl/N-ethyl adjacent to an activating group) is 1. The van der Waals surface area contributed by atoms with E-state index in [0.29, 0.717) is 5.89 Å². The fraction of sp³-hybridized carbons (Fsp3) is 0.500. The summed E-state index contributed by atoms with van der Waals surface area (Å²) in [5.41, 5.74) is 5.24. The van der Waals surface area contributed by atoms with E-state index in [1.165, 1.54) is 0 Å². The molecule has 1 aromatic rings. The number of hydrogen-bond acceptors (Lipinski definition) is 6. The number of nitrogens with one attached hydrogen (secondary N) is 2. The highest BCUT2D eigenvalue weighted by molar-refractivity contribution is 5.79. The van der Waals surface area contributed by atoms with Crippen molar-refractivity contribution in [2.45, 2.75) is 6.54 Å². The molecule has 1 rings (SSSR count). The summed E-state index contributed by atoms with van der Waals surface area (Å²) in [4.78, 5) is 10.8. The van der Waals surface area contributed by atoms with Gasteiger partial charge in [0.05, 0.1) is 13.1 Å². The molecule has 1 aromatic heterocycles. The lowest BCUT2D eigenvalue weighted by molar-refractivity contribution is -0.118. The number of carbonyl (C=O) groups is 1. The Hall–Kier alpha value is -1.63. The minimum absolute atomic E-state index is 0.0999. The molecule has 0 radical (unpaired) electrons. The van der Waals surface area contributed by atoms with Gasteiger partial charge in [-0.1, -0.05) is 5.10 Å². The quantitative estimate of drug-likeness (QED) is 0.537. The van der Waals surface area contributed by atoms with Crippen LogP contribution in [0.5, 0.6) is 0 Å². The summed E-state index contributed by atoms with van der Waals surface area (Å²) < 4.78 is 4.99. The monoisotopic (exact) mass is 185 g/mol. The van der Waals surface area contributed by atoms with Crippen molar-refractivity contribution in [2.75, 3.05) is 18.9 Å². The number of anilines is 1. The van der Waals surface area contributed by atoms with Crippen molar-refractivity contribution in [3.63, 3.8) is 0 Å². The van der Waals surface area contributed by atoms with Crippen LogP contribution >= 0.6 is 0 Å². The largest absolute Gasteiger partial charge is 0.407 e. The number of amides is 1. The maximum Gasteiger partial charge on any atom is 0.315 e. The summed E-state index contributed by atoms with van der Waals surface area (Å²) in [6, 6.07) is 0.198. The molecule has 0 aliphatic rings. The summed E-state index contributed by atoms with van der Waals surface area (Å²) >= 11 is 0. The van der Waals surface area contributed by atoms with Crippen LogP contribution in [0.25, 0.3) is 0 Å². The summed E-state index contributed by atoms with van der Waals surface area (Å²) in [5.74, 6) is 0.173. The summed E-state index contributed by atoms with van der Waals surface area (Å²) in [6.07, 6.45) is 0. The minimum atomic E-state index is -0.160. The number of rotatable bonds is 4. The first-order chi connectivity index (χ1) is 6.26. The number of hydrogen-bond donors (Lipinski definition) is 3. The van der Waals surface area contributed by atoms with Gasteiger partial charge in [-0.05, 0) is 0 Å². The van der Waals surface area contributed by atoms with Crippen LogP contribution in [0.15, 0.2) is 4.42 Å². The molecule has 0 spiro atoms. The molecule has 0 unspecified atom stereocenters. The molecule has 0 aliphatic heterocycles. The maximum atomic E-state index is 10.8. The topological polar surface area (TPSA) is 106 Å². The zero-order valence-electron chi connectivity index (χ0n) is 7.20. The smallest absolute Gasteiger partial charge is 0.315 e. The van der Waals surface area contributed by atoms with Crippen LogP contribution in [-0.2, 0) is 11.3 Å². The second kappa shape index (κ2) is 4.41. The first-order valence-corrected chi connectivity index (χ1v) is 3.73. The van der Waals surface area contributed by atoms with Gasteiger partial charge < -0.3 is 20.8 Å². The van der Waals surface area contributed by atoms with E-state index in [4.69, 9.17) is 10.2 Å². The number of carbonyl (C=O) groups excluding carboxylic acids is 1. The Labute approximate surface area is 74.7 Å². The molecule has 72 valence electrons. The Kier molecular flexibility index (Phi) is 3.21. The molecule has 0 atom stereocenters. The molecule has 0 saturated carbocycles. The lowest BCUT2D eigenvalue weighted by Gasteiger charge is -1.98. The zero-order valence-corrected chi connectivity index (χ0v) is 7.20. The van der Waals surface area contributed by atoms with E-state index < -0.39 is 0 Å². The predicted molar refractivity (Wildman–Crippen MR) is 44.7 cm³/mol. The molecular formula is C6H11N5O2. The van der Waals surface area contributed by atoms with E-state index in [9.17, 15) is 4.79 Å². The SMILES string of the molecule is CNC(=O)CNc1nnc(CN)o1. The first-order valence-electron chi connectivity index (χ1n) is 3.73. The highest BCUT2D eigenvalue weighted by atomic mass is 16.4. The van der Waals surface area contributed by atoms with E-state index >= 15 is 0 Å². The van der Waals surface area contributed by atoms with E-state index in [1.54, 1.807) is 7.05 Å². The molecule has 1 amide bonds. The highest BCUT2D eigenvalue weighted by Crippen LogP contribution is 2.02. The fourth-order valence-corrected chi connectivity index (χ4v) is 0.652. The van der Waals surface area contributed by atoms with Crippen LogP contribution in [0.4, 0.5) is 6.01 Å². The number of nitrogens with zero attached hydrogens (tertiary/aromatic N) is 2. The Morgan fingerprint density at radius 1 is 1.62 bits per heavy atom. The third kappa shape index (κ3) is 2.71. The Bertz CT molecular complexity index is 284. The standard InChI is InChI=1S/C6H11N5O2/c1-8-4(12)3-9-6-11-10-5(2-7)13-6/h2-3,7H2,1H3,(H,8,12)(H,9,11). The van der Waals surface area contributed by atoms with Crippen LogP contribution in [-0.4, -0.2) is 29.7 Å². The number of nitrogens with two attached hydrogens (primary N) is 1. The maximum absolute atomic E-state index is 10.8. The second-order valence-corrected chi connectivity index (χ2v) is 2.23. The van der Waals surface area contributed by atoms with Crippen LogP contribution < -0.4 is 16.4 Å². The van der Waals surface area contributed by atoms with E-state index in [1.807, 2.05) is 0 Å². The molecule has 7 heteroatoms. The molecule has 0 aromatic carbocycles. The molecule has 0 aliphatic carbocycles. The predicted octanol–water partition coefficient (Wildman–Crippen LogP) is -1.31. The van der Waals surface area contributed by atoms with Crippen molar-refractivity contribution in [3.05, 3.63) is 5.89 Å². The number of aromatic nitrogens is 2. The zero-order chi connectivity index (χ0) is 9.68. The van der Waals surface area contributed by atoms with Crippen molar-refractivity contribution < 1.29 is 9.21 Å². The van der Waals surface area contributed by atoms with Gasteiger partial charge in [-0.3, -0.25) is 4.79 Å². The second-order valence-electron chi connectivity index (χ2n) is 2.23. The average Bonchev–Trinajstić information content (AvgIpc) is 2.61. The normalized spacial score (nSPS) is 9.69. The highest BCUT2D eigenvalue weighted by Gasteiger charge is 2.04. The van der Waals surface area contributed by atoms with Gasteiger partial charge in [-0.2, -0.15) is 0 Å². The van der Waals surface area contributed by atoms with Gasteiger partial charge in [0.2, 0.25) is 11.8 Å². The van der Waals surface area contributed by atoms with Crippen LogP contribution in [0.3, 0.4) is 0 Å². The van der Waals surface area contributed by atoms with Crippen LogP contribution in [0, 0.1) is 0 Å². The lowest BCUT2D eigenvalue weighted by Crippen LogP contribution is -2.26. The van der Waals surface area contributed by atoms with Crippen LogP contribution in [0.1, 0.15) is 5.89 Å². The molecule has 4 N–H and O–H groups in total. The minimum Gasteiger partial charge on any atom is -0.407 e. The molecule has 1 heterocycles. The Balaban J connectivity index is 2.41. The molecule has 13 heavy (non-hydrogen) atoms. The lowest BCUT2D eigenvalue weighted by atomic mass is 10.6.